The van der Waals surface area contributed by atoms with Crippen LogP contribution in [0.15, 0.2) is 21.5 Å². The largest absolute Gasteiger partial charge is 0.494 e. The minimum absolute atomic E-state index is 0.0394. The fraction of sp³-hybridized carbons (Fsp3) is 0.538. The van der Waals surface area contributed by atoms with E-state index >= 15 is 0 Å². The highest BCUT2D eigenvalue weighted by Crippen LogP contribution is 2.38. The van der Waals surface area contributed by atoms with Gasteiger partial charge in [0, 0.05) is 24.2 Å². The minimum atomic E-state index is -3.64. The molecule has 8 heteroatoms. The van der Waals surface area contributed by atoms with Crippen molar-refractivity contribution in [1.82, 2.24) is 9.62 Å². The summed E-state index contributed by atoms with van der Waals surface area (Å²) in [6.07, 6.45) is 1.71. The number of methoxy groups -OCH3 is 1. The monoisotopic (exact) mass is 396 g/mol. The fourth-order valence-corrected chi connectivity index (χ4v) is 5.68. The Hall–Kier alpha value is -0.340. The van der Waals surface area contributed by atoms with Crippen molar-refractivity contribution < 1.29 is 13.2 Å². The summed E-state index contributed by atoms with van der Waals surface area (Å²) in [5.41, 5.74) is 0. The lowest BCUT2D eigenvalue weighted by molar-refractivity contribution is 0.369. The van der Waals surface area contributed by atoms with E-state index in [1.165, 1.54) is 17.5 Å². The first-order valence-corrected chi connectivity index (χ1v) is 9.22. The van der Waals surface area contributed by atoms with E-state index in [1.54, 1.807) is 6.07 Å². The fourth-order valence-electron chi connectivity index (χ4n) is 2.62. The van der Waals surface area contributed by atoms with Crippen LogP contribution in [0.25, 0.3) is 0 Å². The number of likely N-dealkylation sites (N-methyl/N-ethyl adjacent to an activating group) is 1. The van der Waals surface area contributed by atoms with Gasteiger partial charge >= 0.3 is 0 Å². The summed E-state index contributed by atoms with van der Waals surface area (Å²) in [5, 5.41) is 3.39. The molecule has 1 saturated heterocycles. The predicted molar refractivity (Wildman–Crippen MR) is 86.5 cm³/mol. The van der Waals surface area contributed by atoms with Crippen molar-refractivity contribution in [3.63, 3.8) is 0 Å². The molecule has 0 spiro atoms. The zero-order valence-corrected chi connectivity index (χ0v) is 15.1. The van der Waals surface area contributed by atoms with Gasteiger partial charge in [-0.15, -0.1) is 0 Å². The van der Waals surface area contributed by atoms with E-state index in [4.69, 9.17) is 16.3 Å². The second kappa shape index (κ2) is 6.83. The second-order valence-electron chi connectivity index (χ2n) is 4.89. The molecule has 0 aromatic heterocycles. The van der Waals surface area contributed by atoms with E-state index in [0.717, 1.165) is 12.8 Å². The van der Waals surface area contributed by atoms with Crippen molar-refractivity contribution in [3.8, 4) is 5.75 Å². The SMILES string of the molecule is CNCC1CCCN1S(=O)(=O)c1cc(Cl)cc(Br)c1OC. The maximum Gasteiger partial charge on any atom is 0.247 e. The molecule has 0 bridgehead atoms. The predicted octanol–water partition coefficient (Wildman–Crippen LogP) is 2.48. The van der Waals surface area contributed by atoms with Gasteiger partial charge in [0.05, 0.1) is 11.6 Å². The van der Waals surface area contributed by atoms with E-state index in [-0.39, 0.29) is 16.7 Å². The Morgan fingerprint density at radius 3 is 2.86 bits per heavy atom. The number of nitrogens with zero attached hydrogens (tertiary/aromatic N) is 1. The van der Waals surface area contributed by atoms with Crippen molar-refractivity contribution >= 4 is 37.6 Å². The molecule has 1 heterocycles. The first-order chi connectivity index (χ1) is 9.91. The Morgan fingerprint density at radius 2 is 2.24 bits per heavy atom. The Bertz CT molecular complexity index is 624. The maximum atomic E-state index is 12.9. The molecule has 0 amide bonds. The summed E-state index contributed by atoms with van der Waals surface area (Å²) < 4.78 is 33.2. The maximum absolute atomic E-state index is 12.9. The molecule has 21 heavy (non-hydrogen) atoms. The molecule has 0 radical (unpaired) electrons. The molecule has 0 saturated carbocycles. The van der Waals surface area contributed by atoms with Crippen LogP contribution in [0.4, 0.5) is 0 Å². The number of hydrogen-bond donors (Lipinski definition) is 1. The Morgan fingerprint density at radius 1 is 1.52 bits per heavy atom. The molecule has 1 aliphatic rings. The summed E-state index contributed by atoms with van der Waals surface area (Å²) in [6, 6.07) is 3.02. The summed E-state index contributed by atoms with van der Waals surface area (Å²) in [6.45, 7) is 1.14. The first-order valence-electron chi connectivity index (χ1n) is 6.61. The van der Waals surface area contributed by atoms with Crippen LogP contribution >= 0.6 is 27.5 Å². The normalized spacial score (nSPS) is 19.9. The van der Waals surface area contributed by atoms with Crippen LogP contribution in [0.3, 0.4) is 0 Å². The highest BCUT2D eigenvalue weighted by Gasteiger charge is 2.37. The molecule has 118 valence electrons. The Labute approximate surface area is 138 Å². The van der Waals surface area contributed by atoms with Crippen molar-refractivity contribution in [1.29, 1.82) is 0 Å². The number of ether oxygens (including phenoxy) is 1. The van der Waals surface area contributed by atoms with Crippen molar-refractivity contribution in [2.24, 2.45) is 0 Å². The average molecular weight is 398 g/mol. The number of sulfonamides is 1. The van der Waals surface area contributed by atoms with Crippen LogP contribution < -0.4 is 10.1 Å². The lowest BCUT2D eigenvalue weighted by atomic mass is 10.2. The van der Waals surface area contributed by atoms with Crippen LogP contribution in [0.1, 0.15) is 12.8 Å². The van der Waals surface area contributed by atoms with E-state index < -0.39 is 10.0 Å². The molecule has 1 fully saturated rings. The van der Waals surface area contributed by atoms with Gasteiger partial charge in [-0.1, -0.05) is 11.6 Å². The number of nitrogens with one attached hydrogen (secondary N) is 1. The van der Waals surface area contributed by atoms with Crippen LogP contribution in [-0.2, 0) is 10.0 Å². The third-order valence-electron chi connectivity index (χ3n) is 3.53. The quantitative estimate of drug-likeness (QED) is 0.829. The highest BCUT2D eigenvalue weighted by molar-refractivity contribution is 9.10. The number of hydrogen-bond acceptors (Lipinski definition) is 4. The van der Waals surface area contributed by atoms with Crippen molar-refractivity contribution in [3.05, 3.63) is 21.6 Å². The smallest absolute Gasteiger partial charge is 0.247 e. The van der Waals surface area contributed by atoms with Gasteiger partial charge in [-0.05, 0) is 48.0 Å². The van der Waals surface area contributed by atoms with Crippen LogP contribution in [-0.4, -0.2) is 46.0 Å². The molecular weight excluding hydrogens is 380 g/mol. The summed E-state index contributed by atoms with van der Waals surface area (Å²) in [7, 11) is -0.378. The minimum Gasteiger partial charge on any atom is -0.494 e. The second-order valence-corrected chi connectivity index (χ2v) is 8.04. The van der Waals surface area contributed by atoms with Crippen LogP contribution in [0.5, 0.6) is 5.75 Å². The molecule has 1 aromatic rings. The molecule has 1 unspecified atom stereocenters. The van der Waals surface area contributed by atoms with E-state index in [0.29, 0.717) is 22.6 Å². The van der Waals surface area contributed by atoms with Gasteiger partial charge in [0.2, 0.25) is 10.0 Å². The molecule has 0 aliphatic carbocycles. The Kier molecular flexibility index (Phi) is 5.54. The molecular formula is C13H18BrClN2O3S. The third kappa shape index (κ3) is 3.37. The lowest BCUT2D eigenvalue weighted by Crippen LogP contribution is -2.40. The summed E-state index contributed by atoms with van der Waals surface area (Å²) in [4.78, 5) is 0.104. The van der Waals surface area contributed by atoms with Gasteiger partial charge in [0.15, 0.2) is 5.75 Å². The lowest BCUT2D eigenvalue weighted by Gasteiger charge is -2.25. The summed E-state index contributed by atoms with van der Waals surface area (Å²) >= 11 is 9.31. The van der Waals surface area contributed by atoms with Crippen LogP contribution in [0.2, 0.25) is 5.02 Å². The van der Waals surface area contributed by atoms with E-state index in [1.807, 2.05) is 7.05 Å². The zero-order valence-electron chi connectivity index (χ0n) is 11.9. The van der Waals surface area contributed by atoms with Gasteiger partial charge < -0.3 is 10.1 Å². The molecule has 1 aromatic carbocycles. The summed E-state index contributed by atoms with van der Waals surface area (Å²) in [5.74, 6) is 0.287. The Balaban J connectivity index is 2.49. The first kappa shape index (κ1) is 17.0. The third-order valence-corrected chi connectivity index (χ3v) is 6.29. The number of benzene rings is 1. The standard InChI is InChI=1S/C13H18BrClN2O3S/c1-16-8-10-4-3-5-17(10)21(18,19)12-7-9(15)6-11(14)13(12)20-2/h6-7,10,16H,3-5,8H2,1-2H3. The zero-order chi connectivity index (χ0) is 15.6. The molecule has 2 rings (SSSR count). The van der Waals surface area contributed by atoms with Crippen LogP contribution in [0, 0.1) is 0 Å². The molecule has 1 atom stereocenters. The molecule has 1 aliphatic heterocycles. The van der Waals surface area contributed by atoms with E-state index in [9.17, 15) is 8.42 Å². The average Bonchev–Trinajstić information content (AvgIpc) is 2.87. The number of rotatable bonds is 5. The van der Waals surface area contributed by atoms with Gasteiger partial charge in [-0.2, -0.15) is 4.31 Å². The van der Waals surface area contributed by atoms with Crippen molar-refractivity contribution in [2.45, 2.75) is 23.8 Å². The molecule has 5 nitrogen and oxygen atoms in total. The highest BCUT2D eigenvalue weighted by atomic mass is 79.9. The van der Waals surface area contributed by atoms with Gasteiger partial charge in [-0.3, -0.25) is 0 Å². The van der Waals surface area contributed by atoms with Crippen molar-refractivity contribution in [2.75, 3.05) is 27.2 Å². The van der Waals surface area contributed by atoms with Gasteiger partial charge in [-0.25, -0.2) is 8.42 Å². The molecule has 1 N–H and O–H groups in total. The number of halogens is 2. The van der Waals surface area contributed by atoms with Gasteiger partial charge in [0.25, 0.3) is 0 Å². The topological polar surface area (TPSA) is 58.6 Å². The van der Waals surface area contributed by atoms with E-state index in [2.05, 4.69) is 21.2 Å². The van der Waals surface area contributed by atoms with Gasteiger partial charge in [0.1, 0.15) is 4.90 Å².